The van der Waals surface area contributed by atoms with Crippen LogP contribution >= 0.6 is 11.6 Å². The molecule has 3 aromatic rings. The zero-order chi connectivity index (χ0) is 24.6. The lowest BCUT2D eigenvalue weighted by Gasteiger charge is -2.50. The number of aliphatic hydroxyl groups is 1. The maximum atomic E-state index is 11.9. The molecule has 0 bridgehead atoms. The zero-order valence-corrected chi connectivity index (χ0v) is 20.5. The highest BCUT2D eigenvalue weighted by Crippen LogP contribution is 2.47. The maximum absolute atomic E-state index is 11.9. The second-order valence-electron chi connectivity index (χ2n) is 8.53. The summed E-state index contributed by atoms with van der Waals surface area (Å²) in [5.74, 6) is 1.05. The van der Waals surface area contributed by atoms with Crippen LogP contribution < -0.4 is 15.4 Å². The van der Waals surface area contributed by atoms with Crippen LogP contribution in [-0.4, -0.2) is 57.5 Å². The molecule has 4 rings (SSSR count). The van der Waals surface area contributed by atoms with Crippen molar-refractivity contribution < 1.29 is 19.3 Å². The van der Waals surface area contributed by atoms with Crippen LogP contribution in [0.3, 0.4) is 0 Å². The van der Waals surface area contributed by atoms with Crippen molar-refractivity contribution in [3.8, 4) is 5.75 Å². The van der Waals surface area contributed by atoms with Gasteiger partial charge >= 0.3 is 0 Å². The van der Waals surface area contributed by atoms with E-state index in [1.165, 1.54) is 19.0 Å². The predicted octanol–water partition coefficient (Wildman–Crippen LogP) is 2.63. The van der Waals surface area contributed by atoms with E-state index in [-0.39, 0.29) is 6.54 Å². The summed E-state index contributed by atoms with van der Waals surface area (Å²) in [7, 11) is 4.72. The minimum Gasteiger partial charge on any atom is -0.479 e. The highest BCUT2D eigenvalue weighted by atomic mass is 35.5. The first-order valence-electron chi connectivity index (χ1n) is 10.8. The topological polar surface area (TPSA) is 121 Å². The van der Waals surface area contributed by atoms with Gasteiger partial charge in [-0.3, -0.25) is 0 Å². The van der Waals surface area contributed by atoms with E-state index in [2.05, 4.69) is 15.4 Å². The lowest BCUT2D eigenvalue weighted by molar-refractivity contribution is -0.237. The number of rotatable bonds is 7. The monoisotopic (exact) mass is 488 g/mol. The van der Waals surface area contributed by atoms with E-state index in [4.69, 9.17) is 31.5 Å². The van der Waals surface area contributed by atoms with Crippen molar-refractivity contribution >= 4 is 23.0 Å². The summed E-state index contributed by atoms with van der Waals surface area (Å²) in [4.78, 5) is 3.40. The molecule has 0 saturated heterocycles. The molecule has 0 unspecified atom stereocenters. The lowest BCUT2D eigenvalue weighted by Crippen LogP contribution is -2.62. The van der Waals surface area contributed by atoms with Gasteiger partial charge < -0.3 is 30.0 Å². The Balaban J connectivity index is 1.92. The van der Waals surface area contributed by atoms with Crippen molar-refractivity contribution in [3.63, 3.8) is 0 Å². The highest BCUT2D eigenvalue weighted by Gasteiger charge is 2.54. The number of ether oxygens (including phenoxy) is 3. The number of tetrazole rings is 1. The molecule has 0 aliphatic carbocycles. The summed E-state index contributed by atoms with van der Waals surface area (Å²) in [6.07, 6.45) is -1.95. The van der Waals surface area contributed by atoms with Gasteiger partial charge in [0.25, 0.3) is 0 Å². The molecule has 0 spiro atoms. The van der Waals surface area contributed by atoms with E-state index >= 15 is 0 Å². The molecule has 1 aliphatic heterocycles. The number of benzene rings is 2. The van der Waals surface area contributed by atoms with E-state index < -0.39 is 24.0 Å². The molecule has 3 atom stereocenters. The van der Waals surface area contributed by atoms with Gasteiger partial charge in [0, 0.05) is 36.2 Å². The standard InChI is InChI=1S/C23H29ClN6O4/c1-13-10-14(24)6-8-17(13)30(12-19-26-28-29(3)27-19)20-16-11-15(25)7-9-18(16)34-23(2,21(20)31)22(32-4)33-5/h6-11,20-22,31H,12,25H2,1-5H3/t20-,21+,23-/m0/s1. The van der Waals surface area contributed by atoms with Gasteiger partial charge in [-0.05, 0) is 61.0 Å². The Morgan fingerprint density at radius 1 is 1.26 bits per heavy atom. The normalized spacial score (nSPS) is 21.9. The minimum atomic E-state index is -1.24. The summed E-state index contributed by atoms with van der Waals surface area (Å²) < 4.78 is 17.4. The van der Waals surface area contributed by atoms with Crippen LogP contribution in [-0.2, 0) is 23.1 Å². The van der Waals surface area contributed by atoms with E-state index in [9.17, 15) is 5.11 Å². The Bertz CT molecular complexity index is 1170. The molecule has 182 valence electrons. The SMILES string of the molecule is COC(OC)[C@@]1(C)Oc2ccc(N)cc2[C@H](N(Cc2nnn(C)n2)c2ccc(Cl)cc2C)[C@H]1O. The summed E-state index contributed by atoms with van der Waals surface area (Å²) >= 11 is 6.25. The Morgan fingerprint density at radius 3 is 2.62 bits per heavy atom. The lowest BCUT2D eigenvalue weighted by atomic mass is 9.83. The number of nitrogens with zero attached hydrogens (tertiary/aromatic N) is 5. The van der Waals surface area contributed by atoms with Crippen molar-refractivity contribution in [2.45, 2.75) is 44.4 Å². The molecule has 3 N–H and O–H groups in total. The van der Waals surface area contributed by atoms with Crippen molar-refractivity contribution in [3.05, 3.63) is 58.4 Å². The fraction of sp³-hybridized carbons (Fsp3) is 0.435. The highest BCUT2D eigenvalue weighted by molar-refractivity contribution is 6.30. The Labute approximate surface area is 203 Å². The smallest absolute Gasteiger partial charge is 0.199 e. The van der Waals surface area contributed by atoms with Crippen LogP contribution in [0.25, 0.3) is 0 Å². The van der Waals surface area contributed by atoms with Crippen LogP contribution in [0.15, 0.2) is 36.4 Å². The van der Waals surface area contributed by atoms with Gasteiger partial charge in [0.2, 0.25) is 0 Å². The first-order chi connectivity index (χ1) is 16.2. The Kier molecular flexibility index (Phi) is 6.68. The first-order valence-corrected chi connectivity index (χ1v) is 11.1. The van der Waals surface area contributed by atoms with Gasteiger partial charge in [-0.1, -0.05) is 11.6 Å². The summed E-state index contributed by atoms with van der Waals surface area (Å²) in [6.45, 7) is 3.97. The molecule has 10 nitrogen and oxygen atoms in total. The van der Waals surface area contributed by atoms with Crippen LogP contribution in [0.2, 0.25) is 5.02 Å². The molecule has 0 radical (unpaired) electrons. The predicted molar refractivity (Wildman–Crippen MR) is 128 cm³/mol. The number of hydrogen-bond donors (Lipinski definition) is 2. The fourth-order valence-corrected chi connectivity index (χ4v) is 4.80. The van der Waals surface area contributed by atoms with Gasteiger partial charge in [-0.25, -0.2) is 0 Å². The average Bonchev–Trinajstić information content (AvgIpc) is 3.20. The minimum absolute atomic E-state index is 0.257. The number of hydrogen-bond acceptors (Lipinski definition) is 9. The van der Waals surface area contributed by atoms with E-state index in [0.717, 1.165) is 11.3 Å². The third-order valence-electron chi connectivity index (χ3n) is 6.13. The maximum Gasteiger partial charge on any atom is 0.199 e. The number of aromatic nitrogens is 4. The number of halogens is 1. The van der Waals surface area contributed by atoms with Gasteiger partial charge in [0.05, 0.1) is 19.6 Å². The van der Waals surface area contributed by atoms with Gasteiger partial charge in [-0.15, -0.1) is 10.2 Å². The molecule has 34 heavy (non-hydrogen) atoms. The summed E-state index contributed by atoms with van der Waals surface area (Å²) in [6, 6.07) is 10.3. The molecule has 11 heteroatoms. The number of aryl methyl sites for hydroxylation is 2. The number of anilines is 2. The third kappa shape index (κ3) is 4.29. The van der Waals surface area contributed by atoms with E-state index in [0.29, 0.717) is 27.8 Å². The summed E-state index contributed by atoms with van der Waals surface area (Å²) in [5.41, 5.74) is 7.92. The van der Waals surface area contributed by atoms with Crippen molar-refractivity contribution in [1.29, 1.82) is 0 Å². The van der Waals surface area contributed by atoms with Crippen LogP contribution in [0, 0.1) is 6.92 Å². The molecule has 1 aliphatic rings. The second-order valence-corrected chi connectivity index (χ2v) is 8.97. The van der Waals surface area contributed by atoms with Crippen LogP contribution in [0.5, 0.6) is 5.75 Å². The van der Waals surface area contributed by atoms with Crippen LogP contribution in [0.4, 0.5) is 11.4 Å². The molecule has 0 amide bonds. The van der Waals surface area contributed by atoms with Crippen molar-refractivity contribution in [2.24, 2.45) is 7.05 Å². The average molecular weight is 489 g/mol. The van der Waals surface area contributed by atoms with Gasteiger partial charge in [-0.2, -0.15) is 4.80 Å². The zero-order valence-electron chi connectivity index (χ0n) is 19.8. The quantitative estimate of drug-likeness (QED) is 0.381. The third-order valence-corrected chi connectivity index (χ3v) is 6.37. The molecule has 0 saturated carbocycles. The number of nitrogens with two attached hydrogens (primary N) is 1. The Hall–Kier alpha value is -2.92. The molecule has 2 aromatic carbocycles. The van der Waals surface area contributed by atoms with E-state index in [1.54, 1.807) is 38.2 Å². The second kappa shape index (κ2) is 9.38. The number of aliphatic hydroxyl groups excluding tert-OH is 1. The number of nitrogen functional groups attached to an aromatic ring is 1. The molecular formula is C23H29ClN6O4. The van der Waals surface area contributed by atoms with Crippen molar-refractivity contribution in [1.82, 2.24) is 20.2 Å². The van der Waals surface area contributed by atoms with Gasteiger partial charge in [0.1, 0.15) is 11.9 Å². The molecule has 2 heterocycles. The summed E-state index contributed by atoms with van der Waals surface area (Å²) in [5, 5.41) is 25.0. The van der Waals surface area contributed by atoms with Crippen molar-refractivity contribution in [2.75, 3.05) is 24.9 Å². The largest absolute Gasteiger partial charge is 0.479 e. The Morgan fingerprint density at radius 2 is 2.00 bits per heavy atom. The van der Waals surface area contributed by atoms with E-state index in [1.807, 2.05) is 24.0 Å². The van der Waals surface area contributed by atoms with Gasteiger partial charge in [0.15, 0.2) is 17.7 Å². The molecular weight excluding hydrogens is 460 g/mol. The fourth-order valence-electron chi connectivity index (χ4n) is 4.58. The van der Waals surface area contributed by atoms with Crippen LogP contribution in [0.1, 0.15) is 29.9 Å². The molecule has 0 fully saturated rings. The number of methoxy groups -OCH3 is 2. The number of fused-ring (bicyclic) bond motifs is 1. The first kappa shape index (κ1) is 24.2. The molecule has 1 aromatic heterocycles.